The van der Waals surface area contributed by atoms with Gasteiger partial charge in [-0.15, -0.1) is 0 Å². The van der Waals surface area contributed by atoms with Crippen LogP contribution >= 0.6 is 0 Å². The van der Waals surface area contributed by atoms with Crippen LogP contribution in [0.15, 0.2) is 46.9 Å². The number of ether oxygens (including phenoxy) is 1. The number of Topliss-reactive ketones (excluding diaryl/α,β-unsaturated/α-hetero) is 1. The summed E-state index contributed by atoms with van der Waals surface area (Å²) in [6.45, 7) is 4.31. The fourth-order valence-corrected chi connectivity index (χ4v) is 3.48. The van der Waals surface area contributed by atoms with Crippen molar-refractivity contribution in [3.8, 4) is 0 Å². The maximum atomic E-state index is 12.8. The molecule has 5 nitrogen and oxygen atoms in total. The second-order valence-corrected chi connectivity index (χ2v) is 6.51. The second kappa shape index (κ2) is 7.64. The van der Waals surface area contributed by atoms with E-state index in [4.69, 9.17) is 4.74 Å². The molecule has 0 fully saturated rings. The number of nitrogens with zero attached hydrogens (tertiary/aromatic N) is 1. The van der Waals surface area contributed by atoms with Crippen molar-refractivity contribution in [1.29, 1.82) is 0 Å². The van der Waals surface area contributed by atoms with Gasteiger partial charge in [0, 0.05) is 29.6 Å². The van der Waals surface area contributed by atoms with E-state index in [-0.39, 0.29) is 11.8 Å². The molecule has 5 heteroatoms. The molecule has 0 bridgehead atoms. The topological polar surface area (TPSA) is 68.3 Å². The largest absolute Gasteiger partial charge is 0.462 e. The van der Waals surface area contributed by atoms with Crippen molar-refractivity contribution in [2.24, 2.45) is 0 Å². The van der Waals surface area contributed by atoms with Gasteiger partial charge in [-0.1, -0.05) is 19.4 Å². The van der Waals surface area contributed by atoms with Gasteiger partial charge >= 0.3 is 5.97 Å². The van der Waals surface area contributed by atoms with E-state index < -0.39 is 5.92 Å². The smallest absolute Gasteiger partial charge is 0.336 e. The Balaban J connectivity index is 2.02. The minimum atomic E-state index is -0.445. The predicted molar refractivity (Wildman–Crippen MR) is 94.6 cm³/mol. The minimum absolute atomic E-state index is 0.0933. The average Bonchev–Trinajstić information content (AvgIpc) is 2.61. The molecule has 0 saturated heterocycles. The third-order valence-corrected chi connectivity index (χ3v) is 4.71. The number of dihydropyridines is 1. The van der Waals surface area contributed by atoms with Gasteiger partial charge in [0.05, 0.1) is 23.8 Å². The zero-order valence-corrected chi connectivity index (χ0v) is 14.8. The monoisotopic (exact) mass is 340 g/mol. The Morgan fingerprint density at radius 2 is 2.20 bits per heavy atom. The zero-order valence-electron chi connectivity index (χ0n) is 14.8. The molecule has 1 aliphatic heterocycles. The quantitative estimate of drug-likeness (QED) is 0.657. The summed E-state index contributed by atoms with van der Waals surface area (Å²) in [6.07, 6.45) is 5.65. The molecule has 3 rings (SSSR count). The summed E-state index contributed by atoms with van der Waals surface area (Å²) in [6, 6.07) is 5.58. The standard InChI is InChI=1S/C20H24N2O3/c1-3-4-12-25-20(24)17-13(2)22-15-9-7-10-16(23)18(15)19(17)14-8-5-6-11-21-14/h5-6,8,11,19,22H,3-4,7,9-10,12H2,1-2H3. The summed E-state index contributed by atoms with van der Waals surface area (Å²) in [5.74, 6) is -0.714. The normalized spacial score (nSPS) is 20.2. The molecule has 2 heterocycles. The molecule has 25 heavy (non-hydrogen) atoms. The van der Waals surface area contributed by atoms with Crippen LogP contribution in [0, 0.1) is 0 Å². The van der Waals surface area contributed by atoms with Gasteiger partial charge in [-0.05, 0) is 38.3 Å². The van der Waals surface area contributed by atoms with Crippen molar-refractivity contribution in [2.45, 2.75) is 51.9 Å². The minimum Gasteiger partial charge on any atom is -0.462 e. The summed E-state index contributed by atoms with van der Waals surface area (Å²) in [7, 11) is 0. The Morgan fingerprint density at radius 1 is 1.36 bits per heavy atom. The number of aromatic nitrogens is 1. The van der Waals surface area contributed by atoms with E-state index in [1.807, 2.05) is 25.1 Å². The molecule has 1 aromatic rings. The first-order valence-corrected chi connectivity index (χ1v) is 8.95. The van der Waals surface area contributed by atoms with Crippen molar-refractivity contribution >= 4 is 11.8 Å². The number of ketones is 1. The van der Waals surface area contributed by atoms with Gasteiger partial charge < -0.3 is 10.1 Å². The van der Waals surface area contributed by atoms with Crippen LogP contribution in [0.4, 0.5) is 0 Å². The molecular formula is C20H24N2O3. The van der Waals surface area contributed by atoms with Crippen molar-refractivity contribution in [3.63, 3.8) is 0 Å². The first-order chi connectivity index (χ1) is 12.1. The van der Waals surface area contributed by atoms with Gasteiger partial charge in [-0.2, -0.15) is 0 Å². The van der Waals surface area contributed by atoms with Crippen LogP contribution in [0.5, 0.6) is 0 Å². The number of pyridine rings is 1. The average molecular weight is 340 g/mol. The summed E-state index contributed by atoms with van der Waals surface area (Å²) >= 11 is 0. The lowest BCUT2D eigenvalue weighted by Gasteiger charge is -2.33. The number of rotatable bonds is 5. The molecule has 0 amide bonds. The van der Waals surface area contributed by atoms with Crippen molar-refractivity contribution in [3.05, 3.63) is 52.6 Å². The highest BCUT2D eigenvalue weighted by Crippen LogP contribution is 2.41. The molecule has 0 aromatic carbocycles. The number of nitrogens with one attached hydrogen (secondary N) is 1. The Bertz CT molecular complexity index is 735. The van der Waals surface area contributed by atoms with Gasteiger partial charge in [-0.25, -0.2) is 4.79 Å². The van der Waals surface area contributed by atoms with Gasteiger partial charge in [-0.3, -0.25) is 9.78 Å². The van der Waals surface area contributed by atoms with Gasteiger partial charge in [0.15, 0.2) is 5.78 Å². The molecular weight excluding hydrogens is 316 g/mol. The molecule has 2 aliphatic rings. The summed E-state index contributed by atoms with van der Waals surface area (Å²) in [5.41, 5.74) is 3.58. The highest BCUT2D eigenvalue weighted by Gasteiger charge is 2.39. The highest BCUT2D eigenvalue weighted by molar-refractivity contribution is 6.03. The maximum Gasteiger partial charge on any atom is 0.336 e. The molecule has 1 unspecified atom stereocenters. The number of hydrogen-bond donors (Lipinski definition) is 1. The van der Waals surface area contributed by atoms with Crippen LogP contribution in [-0.2, 0) is 14.3 Å². The van der Waals surface area contributed by atoms with Gasteiger partial charge in [0.2, 0.25) is 0 Å². The second-order valence-electron chi connectivity index (χ2n) is 6.51. The molecule has 132 valence electrons. The number of unbranched alkanes of at least 4 members (excludes halogenated alkanes) is 1. The van der Waals surface area contributed by atoms with Crippen LogP contribution in [0.2, 0.25) is 0 Å². The Labute approximate surface area is 148 Å². The van der Waals surface area contributed by atoms with Gasteiger partial charge in [0.1, 0.15) is 0 Å². The van der Waals surface area contributed by atoms with Crippen molar-refractivity contribution < 1.29 is 14.3 Å². The Morgan fingerprint density at radius 3 is 2.92 bits per heavy atom. The lowest BCUT2D eigenvalue weighted by molar-refractivity contribution is -0.139. The zero-order chi connectivity index (χ0) is 17.8. The fourth-order valence-electron chi connectivity index (χ4n) is 3.48. The molecule has 0 spiro atoms. The predicted octanol–water partition coefficient (Wildman–Crippen LogP) is 3.39. The van der Waals surface area contributed by atoms with Crippen LogP contribution in [0.25, 0.3) is 0 Å². The number of carbonyl (C=O) groups excluding carboxylic acids is 2. The summed E-state index contributed by atoms with van der Waals surface area (Å²) in [5, 5.41) is 3.28. The third kappa shape index (κ3) is 3.50. The van der Waals surface area contributed by atoms with E-state index >= 15 is 0 Å². The number of carbonyl (C=O) groups is 2. The Kier molecular flexibility index (Phi) is 5.31. The first-order valence-electron chi connectivity index (χ1n) is 8.95. The van der Waals surface area contributed by atoms with E-state index in [0.29, 0.717) is 29.9 Å². The highest BCUT2D eigenvalue weighted by atomic mass is 16.5. The van der Waals surface area contributed by atoms with Crippen LogP contribution in [0.3, 0.4) is 0 Å². The summed E-state index contributed by atoms with van der Waals surface area (Å²) < 4.78 is 5.46. The molecule has 1 N–H and O–H groups in total. The first kappa shape index (κ1) is 17.4. The fraction of sp³-hybridized carbons (Fsp3) is 0.450. The molecule has 1 atom stereocenters. The van der Waals surface area contributed by atoms with Gasteiger partial charge in [0.25, 0.3) is 0 Å². The lowest BCUT2D eigenvalue weighted by atomic mass is 9.77. The lowest BCUT2D eigenvalue weighted by Crippen LogP contribution is -2.34. The van der Waals surface area contributed by atoms with Crippen LogP contribution in [-0.4, -0.2) is 23.3 Å². The van der Waals surface area contributed by atoms with Crippen molar-refractivity contribution in [2.75, 3.05) is 6.61 Å². The van der Waals surface area contributed by atoms with E-state index in [1.54, 1.807) is 6.20 Å². The molecule has 0 radical (unpaired) electrons. The third-order valence-electron chi connectivity index (χ3n) is 4.71. The maximum absolute atomic E-state index is 12.8. The summed E-state index contributed by atoms with van der Waals surface area (Å²) in [4.78, 5) is 29.8. The number of allylic oxidation sites excluding steroid dienone is 3. The molecule has 1 aromatic heterocycles. The SMILES string of the molecule is CCCCOC(=O)C1=C(C)NC2=C(C(=O)CCC2)C1c1ccccn1. The molecule has 0 saturated carbocycles. The van der Waals surface area contributed by atoms with E-state index in [1.165, 1.54) is 0 Å². The van der Waals surface area contributed by atoms with Crippen LogP contribution in [0.1, 0.15) is 57.6 Å². The van der Waals surface area contributed by atoms with Crippen molar-refractivity contribution in [1.82, 2.24) is 10.3 Å². The van der Waals surface area contributed by atoms with Crippen LogP contribution < -0.4 is 5.32 Å². The van der Waals surface area contributed by atoms with E-state index in [9.17, 15) is 9.59 Å². The number of esters is 1. The molecule has 1 aliphatic carbocycles. The Hall–Kier alpha value is -2.43. The van der Waals surface area contributed by atoms with E-state index in [0.717, 1.165) is 37.1 Å². The number of hydrogen-bond acceptors (Lipinski definition) is 5. The van der Waals surface area contributed by atoms with E-state index in [2.05, 4.69) is 17.2 Å².